The summed E-state index contributed by atoms with van der Waals surface area (Å²) >= 11 is 0. The van der Waals surface area contributed by atoms with Crippen molar-refractivity contribution in [2.75, 3.05) is 6.61 Å². The predicted octanol–water partition coefficient (Wildman–Crippen LogP) is -0.381. The Morgan fingerprint density at radius 3 is 2.80 bits per heavy atom. The van der Waals surface area contributed by atoms with Crippen LogP contribution in [0.5, 0.6) is 0 Å². The average molecular weight is 214 g/mol. The van der Waals surface area contributed by atoms with E-state index in [0.717, 1.165) is 6.20 Å². The zero-order valence-electron chi connectivity index (χ0n) is 7.94. The minimum Gasteiger partial charge on any atom is -0.396 e. The van der Waals surface area contributed by atoms with Gasteiger partial charge in [-0.1, -0.05) is 0 Å². The number of aliphatic hydroxyl groups is 1. The first kappa shape index (κ1) is 10.1. The summed E-state index contributed by atoms with van der Waals surface area (Å²) in [6.45, 7) is 0.0804. The van der Waals surface area contributed by atoms with E-state index in [9.17, 15) is 14.0 Å². The normalized spacial score (nSPS) is 24.9. The molecule has 0 atom stereocenters. The number of nitrogens with one attached hydrogen (secondary N) is 1. The number of H-pyrrole nitrogens is 1. The molecule has 6 heteroatoms. The molecule has 1 saturated carbocycles. The van der Waals surface area contributed by atoms with Crippen LogP contribution in [-0.4, -0.2) is 21.3 Å². The average Bonchev–Trinajstić information content (AvgIpc) is 2.12. The maximum absolute atomic E-state index is 12.9. The van der Waals surface area contributed by atoms with Crippen molar-refractivity contribution in [2.45, 2.75) is 18.9 Å². The summed E-state index contributed by atoms with van der Waals surface area (Å²) in [4.78, 5) is 24.0. The minimum absolute atomic E-state index is 0.0804. The molecule has 0 saturated heterocycles. The van der Waals surface area contributed by atoms with Crippen LogP contribution < -0.4 is 11.2 Å². The van der Waals surface area contributed by atoms with Crippen LogP contribution in [0.15, 0.2) is 15.8 Å². The highest BCUT2D eigenvalue weighted by Crippen LogP contribution is 2.36. The van der Waals surface area contributed by atoms with Crippen molar-refractivity contribution in [1.29, 1.82) is 0 Å². The van der Waals surface area contributed by atoms with Gasteiger partial charge in [-0.2, -0.15) is 4.39 Å². The second-order valence-corrected chi connectivity index (χ2v) is 3.82. The van der Waals surface area contributed by atoms with Gasteiger partial charge in [-0.05, 0) is 18.8 Å². The molecule has 2 rings (SSSR count). The van der Waals surface area contributed by atoms with Gasteiger partial charge >= 0.3 is 5.69 Å². The lowest BCUT2D eigenvalue weighted by atomic mass is 9.81. The lowest BCUT2D eigenvalue weighted by molar-refractivity contribution is 0.109. The van der Waals surface area contributed by atoms with Crippen LogP contribution in [0, 0.1) is 11.7 Å². The molecule has 0 bridgehead atoms. The highest BCUT2D eigenvalue weighted by atomic mass is 19.1. The van der Waals surface area contributed by atoms with Crippen LogP contribution in [-0.2, 0) is 0 Å². The molecule has 82 valence electrons. The molecule has 5 nitrogen and oxygen atoms in total. The van der Waals surface area contributed by atoms with Crippen molar-refractivity contribution in [3.8, 4) is 0 Å². The van der Waals surface area contributed by atoms with Gasteiger partial charge in [-0.15, -0.1) is 0 Å². The van der Waals surface area contributed by atoms with E-state index in [0.29, 0.717) is 12.8 Å². The van der Waals surface area contributed by atoms with E-state index < -0.39 is 17.1 Å². The fraction of sp³-hybridized carbons (Fsp3) is 0.556. The Labute approximate surface area is 84.2 Å². The van der Waals surface area contributed by atoms with Crippen LogP contribution in [0.1, 0.15) is 18.9 Å². The fourth-order valence-corrected chi connectivity index (χ4v) is 1.81. The third-order valence-electron chi connectivity index (χ3n) is 2.79. The quantitative estimate of drug-likeness (QED) is 0.704. The predicted molar refractivity (Wildman–Crippen MR) is 50.1 cm³/mol. The molecule has 0 aromatic carbocycles. The van der Waals surface area contributed by atoms with Crippen LogP contribution in [0.4, 0.5) is 4.39 Å². The van der Waals surface area contributed by atoms with E-state index >= 15 is 0 Å². The Balaban J connectivity index is 2.27. The first-order valence-electron chi connectivity index (χ1n) is 4.73. The molecule has 15 heavy (non-hydrogen) atoms. The Bertz CT molecular complexity index is 473. The van der Waals surface area contributed by atoms with Gasteiger partial charge in [0.1, 0.15) is 0 Å². The second-order valence-electron chi connectivity index (χ2n) is 3.82. The van der Waals surface area contributed by atoms with Gasteiger partial charge in [0, 0.05) is 12.6 Å². The minimum atomic E-state index is -0.991. The first-order valence-corrected chi connectivity index (χ1v) is 4.73. The summed E-state index contributed by atoms with van der Waals surface area (Å²) in [5.74, 6) is -0.779. The molecule has 0 unspecified atom stereocenters. The van der Waals surface area contributed by atoms with E-state index in [1.54, 1.807) is 0 Å². The molecule has 1 aliphatic carbocycles. The van der Waals surface area contributed by atoms with Crippen LogP contribution in [0.25, 0.3) is 0 Å². The van der Waals surface area contributed by atoms with E-state index in [1.165, 1.54) is 4.57 Å². The smallest absolute Gasteiger partial charge is 0.328 e. The van der Waals surface area contributed by atoms with E-state index in [-0.39, 0.29) is 18.6 Å². The molecule has 1 aromatic rings. The molecular weight excluding hydrogens is 203 g/mol. The van der Waals surface area contributed by atoms with E-state index in [2.05, 4.69) is 0 Å². The van der Waals surface area contributed by atoms with E-state index in [1.807, 2.05) is 4.98 Å². The standard InChI is InChI=1S/C9H11FN2O3/c10-7-3-12(9(15)11-8(7)14)6-1-5(2-6)4-13/h3,5-6,13H,1-2,4H2,(H,11,14,15). The Morgan fingerprint density at radius 2 is 2.20 bits per heavy atom. The van der Waals surface area contributed by atoms with Gasteiger partial charge in [0.25, 0.3) is 5.56 Å². The number of aromatic amines is 1. The Morgan fingerprint density at radius 1 is 1.53 bits per heavy atom. The SMILES string of the molecule is O=c1[nH]c(=O)n(C2CC(CO)C2)cc1F. The van der Waals surface area contributed by atoms with Gasteiger partial charge in [0.15, 0.2) is 0 Å². The van der Waals surface area contributed by atoms with Crippen molar-refractivity contribution in [3.05, 3.63) is 32.9 Å². The van der Waals surface area contributed by atoms with Crippen molar-refractivity contribution in [2.24, 2.45) is 5.92 Å². The van der Waals surface area contributed by atoms with Crippen LogP contribution >= 0.6 is 0 Å². The van der Waals surface area contributed by atoms with Crippen molar-refractivity contribution in [1.82, 2.24) is 9.55 Å². The monoisotopic (exact) mass is 214 g/mol. The molecule has 1 fully saturated rings. The molecule has 1 aliphatic rings. The number of aromatic nitrogens is 2. The fourth-order valence-electron chi connectivity index (χ4n) is 1.81. The summed E-state index contributed by atoms with van der Waals surface area (Å²) in [5, 5.41) is 8.80. The second kappa shape index (κ2) is 3.62. The zero-order chi connectivity index (χ0) is 11.0. The molecule has 0 spiro atoms. The summed E-state index contributed by atoms with van der Waals surface area (Å²) in [7, 11) is 0. The maximum Gasteiger partial charge on any atom is 0.328 e. The highest BCUT2D eigenvalue weighted by Gasteiger charge is 2.30. The number of rotatable bonds is 2. The largest absolute Gasteiger partial charge is 0.396 e. The molecule has 1 aromatic heterocycles. The van der Waals surface area contributed by atoms with Crippen molar-refractivity contribution in [3.63, 3.8) is 0 Å². The molecule has 0 radical (unpaired) electrons. The molecule has 2 N–H and O–H groups in total. The topological polar surface area (TPSA) is 75.1 Å². The third kappa shape index (κ3) is 1.72. The lowest BCUT2D eigenvalue weighted by Crippen LogP contribution is -2.39. The lowest BCUT2D eigenvalue weighted by Gasteiger charge is -2.34. The molecular formula is C9H11FN2O3. The Kier molecular flexibility index (Phi) is 2.44. The third-order valence-corrected chi connectivity index (χ3v) is 2.79. The first-order chi connectivity index (χ1) is 7.11. The number of hydrogen-bond donors (Lipinski definition) is 2. The summed E-state index contributed by atoms with van der Waals surface area (Å²) in [5.41, 5.74) is -1.59. The maximum atomic E-state index is 12.9. The molecule has 0 aliphatic heterocycles. The summed E-state index contributed by atoms with van der Waals surface area (Å²) in [6, 6.07) is -0.110. The molecule has 0 amide bonds. The van der Waals surface area contributed by atoms with Gasteiger partial charge < -0.3 is 5.11 Å². The number of hydrogen-bond acceptors (Lipinski definition) is 3. The van der Waals surface area contributed by atoms with Crippen LogP contribution in [0.2, 0.25) is 0 Å². The van der Waals surface area contributed by atoms with Gasteiger partial charge in [0.2, 0.25) is 5.82 Å². The number of halogens is 1. The summed E-state index contributed by atoms with van der Waals surface area (Å²) in [6.07, 6.45) is 2.21. The summed E-state index contributed by atoms with van der Waals surface area (Å²) < 4.78 is 14.1. The highest BCUT2D eigenvalue weighted by molar-refractivity contribution is 4.93. The Hall–Kier alpha value is -1.43. The number of aliphatic hydroxyl groups excluding tert-OH is 1. The van der Waals surface area contributed by atoms with Crippen molar-refractivity contribution >= 4 is 0 Å². The molecule has 1 heterocycles. The van der Waals surface area contributed by atoms with Gasteiger partial charge in [-0.3, -0.25) is 14.3 Å². The number of nitrogens with zero attached hydrogens (tertiary/aromatic N) is 1. The van der Waals surface area contributed by atoms with Gasteiger partial charge in [-0.25, -0.2) is 4.79 Å². The zero-order valence-corrected chi connectivity index (χ0v) is 7.94. The van der Waals surface area contributed by atoms with Gasteiger partial charge in [0.05, 0.1) is 6.20 Å². The van der Waals surface area contributed by atoms with E-state index in [4.69, 9.17) is 5.11 Å². The van der Waals surface area contributed by atoms with Crippen molar-refractivity contribution < 1.29 is 9.50 Å². The van der Waals surface area contributed by atoms with Crippen LogP contribution in [0.3, 0.4) is 0 Å².